The number of piperidine rings is 2. The standard InChI is InChI=1S/C18H20ClNO3/c1-23-18(22)14-9-20-12-6-7-15(20)16(17(14)21)13(8-12)10-2-4-11(19)5-3-10/h2-5,12-16H,6-9H2,1H3. The van der Waals surface area contributed by atoms with E-state index in [2.05, 4.69) is 4.90 Å². The van der Waals surface area contributed by atoms with Gasteiger partial charge in [0.15, 0.2) is 5.78 Å². The molecular formula is C18H20ClNO3. The van der Waals surface area contributed by atoms with Crippen molar-refractivity contribution in [2.75, 3.05) is 13.7 Å². The van der Waals surface area contributed by atoms with E-state index in [4.69, 9.17) is 16.3 Å². The Bertz CT molecular complexity index is 644. The van der Waals surface area contributed by atoms with Gasteiger partial charge in [0, 0.05) is 29.6 Å². The molecular weight excluding hydrogens is 314 g/mol. The van der Waals surface area contributed by atoms with Crippen LogP contribution in [0.3, 0.4) is 0 Å². The molecule has 4 bridgehead atoms. The molecule has 3 saturated heterocycles. The zero-order valence-corrected chi connectivity index (χ0v) is 13.8. The lowest BCUT2D eigenvalue weighted by Crippen LogP contribution is -2.60. The fraction of sp³-hybridized carbons (Fsp3) is 0.556. The number of esters is 1. The summed E-state index contributed by atoms with van der Waals surface area (Å²) in [6, 6.07) is 8.57. The van der Waals surface area contributed by atoms with Crippen LogP contribution >= 0.6 is 11.6 Å². The number of carbonyl (C=O) groups excluding carboxylic acids is 2. The number of carbonyl (C=O) groups is 2. The van der Waals surface area contributed by atoms with Gasteiger partial charge < -0.3 is 4.74 Å². The van der Waals surface area contributed by atoms with Gasteiger partial charge in [-0.2, -0.15) is 0 Å². The maximum Gasteiger partial charge on any atom is 0.317 e. The van der Waals surface area contributed by atoms with Crippen molar-refractivity contribution >= 4 is 23.4 Å². The quantitative estimate of drug-likeness (QED) is 0.616. The summed E-state index contributed by atoms with van der Waals surface area (Å²) >= 11 is 6.00. The van der Waals surface area contributed by atoms with E-state index in [1.165, 1.54) is 7.11 Å². The van der Waals surface area contributed by atoms with Crippen molar-refractivity contribution in [3.05, 3.63) is 34.9 Å². The van der Waals surface area contributed by atoms with Gasteiger partial charge in [-0.05, 0) is 42.9 Å². The number of rotatable bonds is 2. The van der Waals surface area contributed by atoms with Crippen LogP contribution in [0, 0.1) is 11.8 Å². The summed E-state index contributed by atoms with van der Waals surface area (Å²) in [4.78, 5) is 27.5. The Morgan fingerprint density at radius 1 is 1.26 bits per heavy atom. The van der Waals surface area contributed by atoms with E-state index in [9.17, 15) is 9.59 Å². The molecule has 3 fully saturated rings. The van der Waals surface area contributed by atoms with E-state index in [0.717, 1.165) is 24.8 Å². The second-order valence-electron chi connectivity index (χ2n) is 6.89. The maximum absolute atomic E-state index is 13.0. The number of benzene rings is 1. The molecule has 1 aromatic rings. The summed E-state index contributed by atoms with van der Waals surface area (Å²) in [5, 5.41) is 0.705. The molecule has 3 aliphatic rings. The van der Waals surface area contributed by atoms with Crippen LogP contribution in [-0.2, 0) is 14.3 Å². The van der Waals surface area contributed by atoms with Crippen molar-refractivity contribution < 1.29 is 14.3 Å². The first-order chi connectivity index (χ1) is 11.1. The molecule has 122 valence electrons. The number of nitrogens with zero attached hydrogens (tertiary/aromatic N) is 1. The summed E-state index contributed by atoms with van der Waals surface area (Å²) < 4.78 is 4.87. The Labute approximate surface area is 140 Å². The summed E-state index contributed by atoms with van der Waals surface area (Å²) in [5.41, 5.74) is 1.16. The molecule has 0 saturated carbocycles. The minimum Gasteiger partial charge on any atom is -0.468 e. The summed E-state index contributed by atoms with van der Waals surface area (Å²) in [6.45, 7) is 0.532. The summed E-state index contributed by atoms with van der Waals surface area (Å²) in [6.07, 6.45) is 3.16. The first-order valence-corrected chi connectivity index (χ1v) is 8.60. The Balaban J connectivity index is 1.71. The van der Waals surface area contributed by atoms with Crippen LogP contribution in [0.1, 0.15) is 30.7 Å². The molecule has 0 N–H and O–H groups in total. The fourth-order valence-corrected chi connectivity index (χ4v) is 5.03. The highest BCUT2D eigenvalue weighted by molar-refractivity contribution is 6.30. The zero-order chi connectivity index (χ0) is 16.1. The second-order valence-corrected chi connectivity index (χ2v) is 7.33. The Hall–Kier alpha value is -1.39. The number of halogens is 1. The molecule has 0 radical (unpaired) electrons. The van der Waals surface area contributed by atoms with Crippen molar-refractivity contribution in [3.8, 4) is 0 Å². The van der Waals surface area contributed by atoms with E-state index < -0.39 is 5.92 Å². The third-order valence-corrected chi connectivity index (χ3v) is 6.17. The monoisotopic (exact) mass is 333 g/mol. The van der Waals surface area contributed by atoms with Crippen LogP contribution < -0.4 is 0 Å². The number of Topliss-reactive ketones (excluding diaryl/α,β-unsaturated/α-hetero) is 1. The summed E-state index contributed by atoms with van der Waals surface area (Å²) in [7, 11) is 1.36. The smallest absolute Gasteiger partial charge is 0.317 e. The lowest BCUT2D eigenvalue weighted by Gasteiger charge is -2.49. The van der Waals surface area contributed by atoms with Crippen molar-refractivity contribution in [1.82, 2.24) is 4.90 Å². The lowest BCUT2D eigenvalue weighted by molar-refractivity contribution is -0.158. The van der Waals surface area contributed by atoms with Crippen LogP contribution in [0.2, 0.25) is 5.02 Å². The number of ketones is 1. The molecule has 23 heavy (non-hydrogen) atoms. The minimum atomic E-state index is -0.628. The van der Waals surface area contributed by atoms with E-state index in [-0.39, 0.29) is 29.6 Å². The van der Waals surface area contributed by atoms with Gasteiger partial charge in [-0.25, -0.2) is 0 Å². The van der Waals surface area contributed by atoms with Crippen molar-refractivity contribution in [1.29, 1.82) is 0 Å². The lowest BCUT2D eigenvalue weighted by atomic mass is 9.68. The Morgan fingerprint density at radius 3 is 2.70 bits per heavy atom. The molecule has 0 amide bonds. The van der Waals surface area contributed by atoms with E-state index in [1.54, 1.807) is 0 Å². The van der Waals surface area contributed by atoms with Crippen LogP contribution in [-0.4, -0.2) is 42.4 Å². The topological polar surface area (TPSA) is 46.6 Å². The van der Waals surface area contributed by atoms with Crippen molar-refractivity contribution in [2.24, 2.45) is 11.8 Å². The zero-order valence-electron chi connectivity index (χ0n) is 13.1. The van der Waals surface area contributed by atoms with Crippen LogP contribution in [0.4, 0.5) is 0 Å². The fourth-order valence-electron chi connectivity index (χ4n) is 4.90. The normalized spacial score (nSPS) is 38.4. The van der Waals surface area contributed by atoms with Gasteiger partial charge >= 0.3 is 5.97 Å². The molecule has 1 aromatic carbocycles. The van der Waals surface area contributed by atoms with Gasteiger partial charge in [-0.15, -0.1) is 0 Å². The molecule has 6 atom stereocenters. The molecule has 5 heteroatoms. The van der Waals surface area contributed by atoms with E-state index >= 15 is 0 Å². The maximum atomic E-state index is 13.0. The average Bonchev–Trinajstić information content (AvgIpc) is 2.83. The largest absolute Gasteiger partial charge is 0.468 e. The van der Waals surface area contributed by atoms with Crippen molar-refractivity contribution in [3.63, 3.8) is 0 Å². The second kappa shape index (κ2) is 5.60. The van der Waals surface area contributed by atoms with Gasteiger partial charge in [-0.3, -0.25) is 14.5 Å². The molecule has 4 rings (SSSR count). The average molecular weight is 334 g/mol. The van der Waals surface area contributed by atoms with Gasteiger partial charge in [0.2, 0.25) is 0 Å². The van der Waals surface area contributed by atoms with Crippen LogP contribution in [0.5, 0.6) is 0 Å². The SMILES string of the molecule is COC(=O)C1CN2C3CCC2C(C1=O)C(c1ccc(Cl)cc1)C3. The third kappa shape index (κ3) is 2.31. The molecule has 3 aliphatic heterocycles. The molecule has 3 heterocycles. The minimum absolute atomic E-state index is 0.0680. The summed E-state index contributed by atoms with van der Waals surface area (Å²) in [5.74, 6) is -0.870. The predicted octanol–water partition coefficient (Wildman–Crippen LogP) is 2.65. The van der Waals surface area contributed by atoms with E-state index in [1.807, 2.05) is 24.3 Å². The molecule has 4 nitrogen and oxygen atoms in total. The third-order valence-electron chi connectivity index (χ3n) is 5.91. The Kier molecular flexibility index (Phi) is 3.69. The molecule has 0 spiro atoms. The van der Waals surface area contributed by atoms with Gasteiger partial charge in [0.25, 0.3) is 0 Å². The van der Waals surface area contributed by atoms with Crippen LogP contribution in [0.25, 0.3) is 0 Å². The number of hydrogen-bond donors (Lipinski definition) is 0. The van der Waals surface area contributed by atoms with E-state index in [0.29, 0.717) is 17.6 Å². The Morgan fingerprint density at radius 2 is 2.00 bits per heavy atom. The van der Waals surface area contributed by atoms with Crippen LogP contribution in [0.15, 0.2) is 24.3 Å². The number of methoxy groups -OCH3 is 1. The van der Waals surface area contributed by atoms with Gasteiger partial charge in [-0.1, -0.05) is 23.7 Å². The first kappa shape index (κ1) is 15.2. The highest BCUT2D eigenvalue weighted by Crippen LogP contribution is 2.50. The first-order valence-electron chi connectivity index (χ1n) is 8.23. The molecule has 6 unspecified atom stereocenters. The highest BCUT2D eigenvalue weighted by Gasteiger charge is 2.56. The molecule has 0 aliphatic carbocycles. The van der Waals surface area contributed by atoms with Gasteiger partial charge in [0.1, 0.15) is 5.92 Å². The predicted molar refractivity (Wildman–Crippen MR) is 86.3 cm³/mol. The number of ether oxygens (including phenoxy) is 1. The van der Waals surface area contributed by atoms with Gasteiger partial charge in [0.05, 0.1) is 7.11 Å². The highest BCUT2D eigenvalue weighted by atomic mass is 35.5. The molecule has 0 aromatic heterocycles. The van der Waals surface area contributed by atoms with Crippen molar-refractivity contribution in [2.45, 2.75) is 37.3 Å². The number of hydrogen-bond acceptors (Lipinski definition) is 4.